The number of hydrogen-bond donors (Lipinski definition) is 1. The molecule has 0 saturated heterocycles. The molecular weight excluding hydrogens is 178 g/mol. The van der Waals surface area contributed by atoms with Crippen LogP contribution in [0.1, 0.15) is 27.2 Å². The summed E-state index contributed by atoms with van der Waals surface area (Å²) in [7, 11) is -3.11. The summed E-state index contributed by atoms with van der Waals surface area (Å²) >= 11 is 0. The predicted molar refractivity (Wildman–Crippen MR) is 48.4 cm³/mol. The highest BCUT2D eigenvalue weighted by molar-refractivity contribution is 7.92. The smallest absolute Gasteiger partial charge is 0.158 e. The van der Waals surface area contributed by atoms with E-state index in [1.54, 1.807) is 13.8 Å². The normalized spacial score (nSPS) is 16.1. The minimum absolute atomic E-state index is 0.0817. The van der Waals surface area contributed by atoms with E-state index in [9.17, 15) is 8.42 Å². The molecule has 0 aliphatic rings. The highest BCUT2D eigenvalue weighted by Gasteiger charge is 2.24. The van der Waals surface area contributed by atoms with Crippen LogP contribution in [0.25, 0.3) is 0 Å². The van der Waals surface area contributed by atoms with Crippen LogP contribution in [0.15, 0.2) is 5.16 Å². The van der Waals surface area contributed by atoms with Crippen molar-refractivity contribution in [2.75, 3.05) is 5.75 Å². The molecule has 1 atom stereocenters. The van der Waals surface area contributed by atoms with E-state index < -0.39 is 15.1 Å². The number of hydrogen-bond acceptors (Lipinski definition) is 4. The van der Waals surface area contributed by atoms with Gasteiger partial charge < -0.3 is 5.21 Å². The Balaban J connectivity index is 4.81. The van der Waals surface area contributed by atoms with Gasteiger partial charge in [0.15, 0.2) is 9.84 Å². The molecule has 0 radical (unpaired) electrons. The monoisotopic (exact) mass is 193 g/mol. The van der Waals surface area contributed by atoms with E-state index in [2.05, 4.69) is 5.16 Å². The van der Waals surface area contributed by atoms with Crippen molar-refractivity contribution >= 4 is 15.5 Å². The molecule has 0 aromatic rings. The Morgan fingerprint density at radius 3 is 2.25 bits per heavy atom. The Morgan fingerprint density at radius 1 is 1.50 bits per heavy atom. The zero-order chi connectivity index (χ0) is 9.78. The number of sulfone groups is 1. The van der Waals surface area contributed by atoms with Gasteiger partial charge in [-0.15, -0.1) is 0 Å². The van der Waals surface area contributed by atoms with Crippen molar-refractivity contribution in [2.45, 2.75) is 32.4 Å². The largest absolute Gasteiger partial charge is 0.411 e. The van der Waals surface area contributed by atoms with Gasteiger partial charge in [-0.25, -0.2) is 8.42 Å². The second kappa shape index (κ2) is 4.45. The van der Waals surface area contributed by atoms with Gasteiger partial charge in [-0.3, -0.25) is 0 Å². The van der Waals surface area contributed by atoms with E-state index in [0.29, 0.717) is 6.42 Å². The summed E-state index contributed by atoms with van der Waals surface area (Å²) in [5.74, 6) is 0.0817. The quantitative estimate of drug-likeness (QED) is 0.412. The minimum atomic E-state index is -3.11. The highest BCUT2D eigenvalue weighted by atomic mass is 32.2. The fraction of sp³-hybridized carbons (Fsp3) is 0.857. The van der Waals surface area contributed by atoms with E-state index in [-0.39, 0.29) is 11.5 Å². The maximum atomic E-state index is 11.3. The molecule has 4 nitrogen and oxygen atoms in total. The average molecular weight is 193 g/mol. The summed E-state index contributed by atoms with van der Waals surface area (Å²) in [6.45, 7) is 4.86. The third-order valence-corrected chi connectivity index (χ3v) is 4.18. The van der Waals surface area contributed by atoms with Gasteiger partial charge in [0.2, 0.25) is 0 Å². The minimum Gasteiger partial charge on any atom is -0.411 e. The second-order valence-corrected chi connectivity index (χ2v) is 5.06. The van der Waals surface area contributed by atoms with Crippen molar-refractivity contribution in [2.24, 2.45) is 5.16 Å². The van der Waals surface area contributed by atoms with Gasteiger partial charge >= 0.3 is 0 Å². The SMILES string of the molecule is CCC(C(C)=NO)S(=O)(=O)CC. The van der Waals surface area contributed by atoms with E-state index in [1.165, 1.54) is 6.92 Å². The third-order valence-electron chi connectivity index (χ3n) is 1.83. The lowest BCUT2D eigenvalue weighted by Gasteiger charge is -2.12. The summed E-state index contributed by atoms with van der Waals surface area (Å²) in [6, 6.07) is 0. The first-order chi connectivity index (χ1) is 5.49. The number of nitrogens with zero attached hydrogens (tertiary/aromatic N) is 1. The maximum absolute atomic E-state index is 11.3. The van der Waals surface area contributed by atoms with Gasteiger partial charge in [-0.2, -0.15) is 0 Å². The first-order valence-electron chi connectivity index (χ1n) is 3.89. The molecule has 12 heavy (non-hydrogen) atoms. The van der Waals surface area contributed by atoms with E-state index in [1.807, 2.05) is 0 Å². The predicted octanol–water partition coefficient (Wildman–Crippen LogP) is 1.05. The molecule has 1 unspecified atom stereocenters. The summed E-state index contributed by atoms with van der Waals surface area (Å²) < 4.78 is 22.7. The Morgan fingerprint density at radius 2 is 2.00 bits per heavy atom. The molecule has 0 saturated carbocycles. The van der Waals surface area contributed by atoms with Gasteiger partial charge in [-0.1, -0.05) is 19.0 Å². The molecule has 72 valence electrons. The molecule has 0 amide bonds. The summed E-state index contributed by atoms with van der Waals surface area (Å²) in [5.41, 5.74) is 0.263. The number of oxime groups is 1. The van der Waals surface area contributed by atoms with Crippen LogP contribution in [0.2, 0.25) is 0 Å². The molecule has 1 N–H and O–H groups in total. The molecule has 0 heterocycles. The molecule has 0 rings (SSSR count). The van der Waals surface area contributed by atoms with Gasteiger partial charge in [0, 0.05) is 5.75 Å². The average Bonchev–Trinajstić information content (AvgIpc) is 2.05. The second-order valence-electron chi connectivity index (χ2n) is 2.59. The topological polar surface area (TPSA) is 66.7 Å². The molecule has 0 aliphatic heterocycles. The van der Waals surface area contributed by atoms with Crippen molar-refractivity contribution in [1.29, 1.82) is 0 Å². The first-order valence-corrected chi connectivity index (χ1v) is 5.61. The third kappa shape index (κ3) is 2.48. The molecule has 0 bridgehead atoms. The molecule has 0 aliphatic carbocycles. The van der Waals surface area contributed by atoms with Crippen molar-refractivity contribution < 1.29 is 13.6 Å². The zero-order valence-corrected chi connectivity index (χ0v) is 8.43. The van der Waals surface area contributed by atoms with Gasteiger partial charge in [0.1, 0.15) is 5.25 Å². The molecular formula is C7H15NO3S. The maximum Gasteiger partial charge on any atom is 0.158 e. The van der Waals surface area contributed by atoms with Crippen LogP contribution >= 0.6 is 0 Å². The molecule has 5 heteroatoms. The fourth-order valence-corrected chi connectivity index (χ4v) is 2.55. The molecule has 0 aromatic heterocycles. The van der Waals surface area contributed by atoms with E-state index in [4.69, 9.17) is 5.21 Å². The molecule has 0 aromatic carbocycles. The van der Waals surface area contributed by atoms with Crippen molar-refractivity contribution in [3.05, 3.63) is 0 Å². The van der Waals surface area contributed by atoms with Crippen molar-refractivity contribution in [1.82, 2.24) is 0 Å². The van der Waals surface area contributed by atoms with Crippen LogP contribution in [-0.4, -0.2) is 30.3 Å². The molecule has 0 spiro atoms. The Bertz CT molecular complexity index is 256. The van der Waals surface area contributed by atoms with Gasteiger partial charge in [0.25, 0.3) is 0 Å². The van der Waals surface area contributed by atoms with Crippen LogP contribution in [0.4, 0.5) is 0 Å². The Labute approximate surface area is 73.2 Å². The Kier molecular flexibility index (Phi) is 4.23. The summed E-state index contributed by atoms with van der Waals surface area (Å²) in [5, 5.41) is 10.7. The standard InChI is InChI=1S/C7H15NO3S/c1-4-7(6(3)8-9)12(10,11)5-2/h7,9H,4-5H2,1-3H3. The van der Waals surface area contributed by atoms with Crippen LogP contribution in [0.5, 0.6) is 0 Å². The van der Waals surface area contributed by atoms with Crippen molar-refractivity contribution in [3.8, 4) is 0 Å². The highest BCUT2D eigenvalue weighted by Crippen LogP contribution is 2.08. The summed E-state index contributed by atoms with van der Waals surface area (Å²) in [4.78, 5) is 0. The number of rotatable bonds is 4. The lowest BCUT2D eigenvalue weighted by atomic mass is 10.2. The van der Waals surface area contributed by atoms with Gasteiger partial charge in [-0.05, 0) is 13.3 Å². The van der Waals surface area contributed by atoms with Crippen molar-refractivity contribution in [3.63, 3.8) is 0 Å². The van der Waals surface area contributed by atoms with Crippen LogP contribution in [-0.2, 0) is 9.84 Å². The van der Waals surface area contributed by atoms with Crippen LogP contribution in [0.3, 0.4) is 0 Å². The van der Waals surface area contributed by atoms with Gasteiger partial charge in [0.05, 0.1) is 5.71 Å². The zero-order valence-electron chi connectivity index (χ0n) is 7.61. The first kappa shape index (κ1) is 11.4. The Hall–Kier alpha value is -0.580. The lowest BCUT2D eigenvalue weighted by Crippen LogP contribution is -2.29. The van der Waals surface area contributed by atoms with Crippen LogP contribution < -0.4 is 0 Å². The van der Waals surface area contributed by atoms with E-state index in [0.717, 1.165) is 0 Å². The fourth-order valence-electron chi connectivity index (χ4n) is 1.07. The van der Waals surface area contributed by atoms with Crippen LogP contribution in [0, 0.1) is 0 Å². The molecule has 0 fully saturated rings. The van der Waals surface area contributed by atoms with E-state index >= 15 is 0 Å². The lowest BCUT2D eigenvalue weighted by molar-refractivity contribution is 0.317. The summed E-state index contributed by atoms with van der Waals surface area (Å²) in [6.07, 6.45) is 0.450.